The van der Waals surface area contributed by atoms with E-state index < -0.39 is 5.91 Å². The van der Waals surface area contributed by atoms with Crippen LogP contribution in [0.15, 0.2) is 54.6 Å². The molecule has 2 aromatic carbocycles. The highest BCUT2D eigenvalue weighted by atomic mass is 32.1. The molecule has 0 aliphatic rings. The maximum absolute atomic E-state index is 11.9. The molecule has 0 unspecified atom stereocenters. The number of ether oxygens (including phenoxy) is 1. The van der Waals surface area contributed by atoms with Crippen LogP contribution in [0.25, 0.3) is 0 Å². The fourth-order valence-corrected chi connectivity index (χ4v) is 1.88. The zero-order chi connectivity index (χ0) is 17.4. The number of carbonyl (C=O) groups excluding carboxylic acids is 2. The highest BCUT2D eigenvalue weighted by Crippen LogP contribution is 2.07. The van der Waals surface area contributed by atoms with Crippen LogP contribution in [0, 0.1) is 6.92 Å². The highest BCUT2D eigenvalue weighted by Gasteiger charge is 2.08. The van der Waals surface area contributed by atoms with Crippen LogP contribution >= 0.6 is 12.2 Å². The van der Waals surface area contributed by atoms with Crippen LogP contribution in [0.5, 0.6) is 5.75 Å². The van der Waals surface area contributed by atoms with Gasteiger partial charge in [0.05, 0.1) is 0 Å². The number of amides is 2. The second-order valence-electron chi connectivity index (χ2n) is 4.92. The van der Waals surface area contributed by atoms with Crippen LogP contribution in [0.2, 0.25) is 0 Å². The largest absolute Gasteiger partial charge is 0.484 e. The van der Waals surface area contributed by atoms with E-state index >= 15 is 0 Å². The minimum absolute atomic E-state index is 0.00589. The third kappa shape index (κ3) is 5.69. The van der Waals surface area contributed by atoms with Crippen LogP contribution < -0.4 is 20.9 Å². The lowest BCUT2D eigenvalue weighted by atomic mass is 10.1. The van der Waals surface area contributed by atoms with Crippen molar-refractivity contribution in [2.75, 3.05) is 6.61 Å². The fraction of sp³-hybridized carbons (Fsp3) is 0.118. The maximum atomic E-state index is 11.9. The molecule has 2 aromatic rings. The van der Waals surface area contributed by atoms with Gasteiger partial charge in [0, 0.05) is 5.56 Å². The summed E-state index contributed by atoms with van der Waals surface area (Å²) in [6.45, 7) is 1.76. The SMILES string of the molecule is Cc1ccc(C(=O)NC(=S)NNC(=O)COc2ccccc2)cc1. The average molecular weight is 343 g/mol. The molecular formula is C17H17N3O3S. The summed E-state index contributed by atoms with van der Waals surface area (Å²) in [4.78, 5) is 23.6. The van der Waals surface area contributed by atoms with Crippen molar-refractivity contribution in [1.29, 1.82) is 0 Å². The van der Waals surface area contributed by atoms with Gasteiger partial charge in [0.15, 0.2) is 11.7 Å². The minimum Gasteiger partial charge on any atom is -0.484 e. The van der Waals surface area contributed by atoms with Crippen LogP contribution in [-0.4, -0.2) is 23.5 Å². The van der Waals surface area contributed by atoms with E-state index in [-0.39, 0.29) is 17.6 Å². The Morgan fingerprint density at radius 2 is 1.67 bits per heavy atom. The Morgan fingerprint density at radius 1 is 1.00 bits per heavy atom. The van der Waals surface area contributed by atoms with E-state index in [1.807, 2.05) is 25.1 Å². The zero-order valence-corrected chi connectivity index (χ0v) is 13.9. The number of aryl methyl sites for hydroxylation is 1. The Balaban J connectivity index is 1.71. The Kier molecular flexibility index (Phi) is 6.27. The van der Waals surface area contributed by atoms with Gasteiger partial charge in [0.25, 0.3) is 11.8 Å². The summed E-state index contributed by atoms with van der Waals surface area (Å²) in [6, 6.07) is 16.0. The van der Waals surface area contributed by atoms with Gasteiger partial charge >= 0.3 is 0 Å². The summed E-state index contributed by atoms with van der Waals surface area (Å²) in [6.07, 6.45) is 0. The number of hydrogen-bond acceptors (Lipinski definition) is 4. The number of hydrogen-bond donors (Lipinski definition) is 3. The molecule has 0 aliphatic heterocycles. The molecule has 24 heavy (non-hydrogen) atoms. The first-order chi connectivity index (χ1) is 11.5. The summed E-state index contributed by atoms with van der Waals surface area (Å²) in [5, 5.41) is 2.46. The molecule has 0 saturated heterocycles. The fourth-order valence-electron chi connectivity index (χ4n) is 1.74. The Morgan fingerprint density at radius 3 is 2.33 bits per heavy atom. The number of nitrogens with one attached hydrogen (secondary N) is 3. The van der Waals surface area contributed by atoms with Gasteiger partial charge in [-0.1, -0.05) is 35.9 Å². The second-order valence-corrected chi connectivity index (χ2v) is 5.33. The van der Waals surface area contributed by atoms with Gasteiger partial charge in [0.1, 0.15) is 5.75 Å². The number of benzene rings is 2. The van der Waals surface area contributed by atoms with Crippen molar-refractivity contribution >= 4 is 29.1 Å². The smallest absolute Gasteiger partial charge is 0.276 e. The molecule has 0 aromatic heterocycles. The Hall–Kier alpha value is -2.93. The lowest BCUT2D eigenvalue weighted by Gasteiger charge is -2.11. The summed E-state index contributed by atoms with van der Waals surface area (Å²) < 4.78 is 5.28. The van der Waals surface area contributed by atoms with Crippen molar-refractivity contribution in [3.63, 3.8) is 0 Å². The van der Waals surface area contributed by atoms with Gasteiger partial charge in [-0.2, -0.15) is 0 Å². The van der Waals surface area contributed by atoms with Crippen molar-refractivity contribution in [2.24, 2.45) is 0 Å². The standard InChI is InChI=1S/C17H17N3O3S/c1-12-7-9-13(10-8-12)16(22)18-17(24)20-19-15(21)11-23-14-5-3-2-4-6-14/h2-10H,11H2,1H3,(H,19,21)(H2,18,20,22,24). The zero-order valence-electron chi connectivity index (χ0n) is 13.0. The van der Waals surface area contributed by atoms with Crippen LogP contribution in [-0.2, 0) is 4.79 Å². The molecule has 3 N–H and O–H groups in total. The summed E-state index contributed by atoms with van der Waals surface area (Å²) in [5.41, 5.74) is 6.33. The third-order valence-corrected chi connectivity index (χ3v) is 3.17. The van der Waals surface area contributed by atoms with E-state index in [0.717, 1.165) is 5.56 Å². The molecule has 7 heteroatoms. The summed E-state index contributed by atoms with van der Waals surface area (Å²) in [5.74, 6) is -0.198. The molecule has 0 bridgehead atoms. The molecule has 0 radical (unpaired) electrons. The van der Waals surface area contributed by atoms with Gasteiger partial charge in [0.2, 0.25) is 0 Å². The third-order valence-electron chi connectivity index (χ3n) is 2.97. The molecular weight excluding hydrogens is 326 g/mol. The van der Waals surface area contributed by atoms with Crippen molar-refractivity contribution in [2.45, 2.75) is 6.92 Å². The molecule has 6 nitrogen and oxygen atoms in total. The number of carbonyl (C=O) groups is 2. The molecule has 2 rings (SSSR count). The minimum atomic E-state index is -0.425. The topological polar surface area (TPSA) is 79.5 Å². The van der Waals surface area contributed by atoms with Gasteiger partial charge in [-0.25, -0.2) is 0 Å². The van der Waals surface area contributed by atoms with Gasteiger partial charge in [-0.15, -0.1) is 0 Å². The number of thiocarbonyl (C=S) groups is 1. The van der Waals surface area contributed by atoms with Crippen molar-refractivity contribution in [1.82, 2.24) is 16.2 Å². The molecule has 0 spiro atoms. The first kappa shape index (κ1) is 17.4. The number of rotatable bonds is 4. The molecule has 0 heterocycles. The van der Waals surface area contributed by atoms with E-state index in [1.165, 1.54) is 0 Å². The van der Waals surface area contributed by atoms with E-state index in [2.05, 4.69) is 16.2 Å². The van der Waals surface area contributed by atoms with E-state index in [4.69, 9.17) is 17.0 Å². The quantitative estimate of drug-likeness (QED) is 0.582. The number of para-hydroxylation sites is 1. The van der Waals surface area contributed by atoms with Gasteiger partial charge < -0.3 is 4.74 Å². The van der Waals surface area contributed by atoms with E-state index in [9.17, 15) is 9.59 Å². The molecule has 0 aliphatic carbocycles. The normalized spacial score (nSPS) is 9.71. The molecule has 0 fully saturated rings. The Bertz CT molecular complexity index is 718. The lowest BCUT2D eigenvalue weighted by Crippen LogP contribution is -2.49. The maximum Gasteiger partial charge on any atom is 0.276 e. The first-order valence-corrected chi connectivity index (χ1v) is 7.60. The molecule has 2 amide bonds. The van der Waals surface area contributed by atoms with Crippen LogP contribution in [0.3, 0.4) is 0 Å². The van der Waals surface area contributed by atoms with Crippen molar-refractivity contribution < 1.29 is 14.3 Å². The van der Waals surface area contributed by atoms with Gasteiger partial charge in [-0.3, -0.25) is 25.8 Å². The highest BCUT2D eigenvalue weighted by molar-refractivity contribution is 7.80. The van der Waals surface area contributed by atoms with Crippen LogP contribution in [0.4, 0.5) is 0 Å². The average Bonchev–Trinajstić information content (AvgIpc) is 2.59. The van der Waals surface area contributed by atoms with Gasteiger partial charge in [-0.05, 0) is 43.4 Å². The van der Waals surface area contributed by atoms with Crippen molar-refractivity contribution in [3.8, 4) is 5.75 Å². The molecule has 0 atom stereocenters. The molecule has 0 saturated carbocycles. The van der Waals surface area contributed by atoms with Crippen LogP contribution in [0.1, 0.15) is 15.9 Å². The van der Waals surface area contributed by atoms with E-state index in [0.29, 0.717) is 11.3 Å². The summed E-state index contributed by atoms with van der Waals surface area (Å²) >= 11 is 4.95. The van der Waals surface area contributed by atoms with Crippen molar-refractivity contribution in [3.05, 3.63) is 65.7 Å². The lowest BCUT2D eigenvalue weighted by molar-refractivity contribution is -0.123. The predicted octanol–water partition coefficient (Wildman–Crippen LogP) is 1.71. The number of hydrazine groups is 1. The monoisotopic (exact) mass is 343 g/mol. The predicted molar refractivity (Wildman–Crippen MR) is 94.5 cm³/mol. The summed E-state index contributed by atoms with van der Waals surface area (Å²) in [7, 11) is 0. The second kappa shape index (κ2) is 8.64. The Labute approximate surface area is 145 Å². The molecule has 124 valence electrons. The van der Waals surface area contributed by atoms with E-state index in [1.54, 1.807) is 36.4 Å². The first-order valence-electron chi connectivity index (χ1n) is 7.19.